The van der Waals surface area contributed by atoms with Crippen LogP contribution < -0.4 is 0 Å². The van der Waals surface area contributed by atoms with Gasteiger partial charge in [-0.25, -0.2) is 8.78 Å². The lowest BCUT2D eigenvalue weighted by Crippen LogP contribution is -2.27. The average Bonchev–Trinajstić information content (AvgIpc) is 2.44. The fourth-order valence-electron chi connectivity index (χ4n) is 2.02. The van der Waals surface area contributed by atoms with Gasteiger partial charge >= 0.3 is 0 Å². The lowest BCUT2D eigenvalue weighted by molar-refractivity contribution is 0.0783. The minimum Gasteiger partial charge on any atom is -0.337 e. The molecule has 110 valence electrons. The van der Waals surface area contributed by atoms with Crippen LogP contribution in [0.3, 0.4) is 0 Å². The topological polar surface area (TPSA) is 20.3 Å². The van der Waals surface area contributed by atoms with Gasteiger partial charge in [-0.05, 0) is 30.7 Å². The van der Waals surface area contributed by atoms with E-state index < -0.39 is 11.6 Å². The van der Waals surface area contributed by atoms with Gasteiger partial charge in [0.25, 0.3) is 5.91 Å². The van der Waals surface area contributed by atoms with Crippen LogP contribution in [0, 0.1) is 18.6 Å². The molecule has 0 aliphatic rings. The normalized spacial score (nSPS) is 10.5. The van der Waals surface area contributed by atoms with Gasteiger partial charge < -0.3 is 4.90 Å². The molecular formula is C16H14BrF2NO. The highest BCUT2D eigenvalue weighted by Crippen LogP contribution is 2.21. The van der Waals surface area contributed by atoms with E-state index in [1.807, 2.05) is 13.0 Å². The van der Waals surface area contributed by atoms with E-state index in [4.69, 9.17) is 0 Å². The fraction of sp³-hybridized carbons (Fsp3) is 0.188. The molecule has 2 nitrogen and oxygen atoms in total. The van der Waals surface area contributed by atoms with Crippen LogP contribution in [-0.4, -0.2) is 17.9 Å². The Morgan fingerprint density at radius 3 is 2.62 bits per heavy atom. The van der Waals surface area contributed by atoms with Gasteiger partial charge in [0.1, 0.15) is 11.6 Å². The van der Waals surface area contributed by atoms with Crippen LogP contribution in [0.4, 0.5) is 8.78 Å². The summed E-state index contributed by atoms with van der Waals surface area (Å²) in [5.41, 5.74) is 1.66. The monoisotopic (exact) mass is 353 g/mol. The molecule has 0 heterocycles. The third kappa shape index (κ3) is 3.47. The van der Waals surface area contributed by atoms with E-state index in [9.17, 15) is 13.6 Å². The van der Waals surface area contributed by atoms with Gasteiger partial charge in [0.15, 0.2) is 0 Å². The Labute approximate surface area is 130 Å². The van der Waals surface area contributed by atoms with E-state index in [0.717, 1.165) is 16.1 Å². The predicted molar refractivity (Wildman–Crippen MR) is 81.0 cm³/mol. The molecule has 0 aliphatic carbocycles. The summed E-state index contributed by atoms with van der Waals surface area (Å²) in [6.45, 7) is 1.92. The molecule has 0 bridgehead atoms. The van der Waals surface area contributed by atoms with Crippen molar-refractivity contribution in [1.29, 1.82) is 0 Å². The highest BCUT2D eigenvalue weighted by Gasteiger charge is 2.17. The van der Waals surface area contributed by atoms with Crippen LogP contribution in [0.1, 0.15) is 21.5 Å². The Hall–Kier alpha value is -1.75. The lowest BCUT2D eigenvalue weighted by atomic mass is 10.1. The van der Waals surface area contributed by atoms with Crippen molar-refractivity contribution in [3.05, 3.63) is 69.2 Å². The summed E-state index contributed by atoms with van der Waals surface area (Å²) in [7, 11) is 1.59. The number of carbonyl (C=O) groups is 1. The summed E-state index contributed by atoms with van der Waals surface area (Å²) in [6, 6.07) is 8.70. The molecule has 0 atom stereocenters. The predicted octanol–water partition coefficient (Wildman–Crippen LogP) is 4.31. The van der Waals surface area contributed by atoms with Gasteiger partial charge in [0.05, 0.1) is 0 Å². The van der Waals surface area contributed by atoms with Crippen LogP contribution in [0.2, 0.25) is 0 Å². The zero-order chi connectivity index (χ0) is 15.6. The van der Waals surface area contributed by atoms with Gasteiger partial charge in [0, 0.05) is 35.3 Å². The zero-order valence-electron chi connectivity index (χ0n) is 11.7. The maximum absolute atomic E-state index is 13.6. The molecule has 2 aromatic carbocycles. The summed E-state index contributed by atoms with van der Waals surface area (Å²) < 4.78 is 27.4. The Morgan fingerprint density at radius 1 is 1.24 bits per heavy atom. The molecule has 1 amide bonds. The number of halogens is 3. The molecule has 0 unspecified atom stereocenters. The molecule has 0 spiro atoms. The molecule has 0 saturated heterocycles. The number of amides is 1. The van der Waals surface area contributed by atoms with Crippen LogP contribution in [0.15, 0.2) is 40.9 Å². The second kappa shape index (κ2) is 6.35. The van der Waals surface area contributed by atoms with Gasteiger partial charge in [-0.15, -0.1) is 0 Å². The SMILES string of the molecule is Cc1c(Br)cccc1C(=O)N(C)Cc1ccc(F)cc1F. The molecule has 0 N–H and O–H groups in total. The van der Waals surface area contributed by atoms with Gasteiger partial charge in [-0.3, -0.25) is 4.79 Å². The number of benzene rings is 2. The average molecular weight is 354 g/mol. The third-order valence-electron chi connectivity index (χ3n) is 3.27. The van der Waals surface area contributed by atoms with Crippen molar-refractivity contribution in [2.24, 2.45) is 0 Å². The van der Waals surface area contributed by atoms with E-state index >= 15 is 0 Å². The standard InChI is InChI=1S/C16H14BrF2NO/c1-10-13(4-3-5-14(10)17)16(21)20(2)9-11-6-7-12(18)8-15(11)19/h3-8H,9H2,1-2H3. The summed E-state index contributed by atoms with van der Waals surface area (Å²) in [4.78, 5) is 13.8. The van der Waals surface area contributed by atoms with Crippen molar-refractivity contribution >= 4 is 21.8 Å². The summed E-state index contributed by atoms with van der Waals surface area (Å²) in [5, 5.41) is 0. The summed E-state index contributed by atoms with van der Waals surface area (Å²) >= 11 is 3.38. The lowest BCUT2D eigenvalue weighted by Gasteiger charge is -2.19. The van der Waals surface area contributed by atoms with Crippen LogP contribution >= 0.6 is 15.9 Å². The van der Waals surface area contributed by atoms with E-state index in [1.54, 1.807) is 19.2 Å². The Balaban J connectivity index is 2.21. The largest absolute Gasteiger partial charge is 0.337 e. The maximum atomic E-state index is 13.6. The highest BCUT2D eigenvalue weighted by molar-refractivity contribution is 9.10. The summed E-state index contributed by atoms with van der Waals surface area (Å²) in [6.07, 6.45) is 0. The van der Waals surface area contributed by atoms with Crippen molar-refractivity contribution in [3.63, 3.8) is 0 Å². The molecule has 2 rings (SSSR count). The highest BCUT2D eigenvalue weighted by atomic mass is 79.9. The molecule has 0 aromatic heterocycles. The van der Waals surface area contributed by atoms with Crippen molar-refractivity contribution in [2.45, 2.75) is 13.5 Å². The zero-order valence-corrected chi connectivity index (χ0v) is 13.2. The number of hydrogen-bond acceptors (Lipinski definition) is 1. The number of carbonyl (C=O) groups excluding carboxylic acids is 1. The molecule has 0 saturated carbocycles. The number of hydrogen-bond donors (Lipinski definition) is 0. The number of nitrogens with zero attached hydrogens (tertiary/aromatic N) is 1. The van der Waals surface area contributed by atoms with Crippen LogP contribution in [0.5, 0.6) is 0 Å². The molecule has 0 fully saturated rings. The van der Waals surface area contributed by atoms with Gasteiger partial charge in [-0.1, -0.05) is 28.1 Å². The van der Waals surface area contributed by atoms with E-state index in [0.29, 0.717) is 5.56 Å². The van der Waals surface area contributed by atoms with Gasteiger partial charge in [-0.2, -0.15) is 0 Å². The van der Waals surface area contributed by atoms with E-state index in [1.165, 1.54) is 17.0 Å². The smallest absolute Gasteiger partial charge is 0.254 e. The van der Waals surface area contributed by atoms with Crippen LogP contribution in [0.25, 0.3) is 0 Å². The van der Waals surface area contributed by atoms with Crippen molar-refractivity contribution in [2.75, 3.05) is 7.05 Å². The first kappa shape index (κ1) is 15.6. The first-order chi connectivity index (χ1) is 9.90. The van der Waals surface area contributed by atoms with Crippen molar-refractivity contribution < 1.29 is 13.6 Å². The van der Waals surface area contributed by atoms with E-state index in [-0.39, 0.29) is 18.0 Å². The van der Waals surface area contributed by atoms with Crippen LogP contribution in [-0.2, 0) is 6.54 Å². The molecule has 2 aromatic rings. The second-order valence-electron chi connectivity index (χ2n) is 4.81. The quantitative estimate of drug-likeness (QED) is 0.805. The Bertz CT molecular complexity index is 688. The molecule has 5 heteroatoms. The van der Waals surface area contributed by atoms with Crippen molar-refractivity contribution in [3.8, 4) is 0 Å². The first-order valence-corrected chi connectivity index (χ1v) is 7.14. The molecule has 21 heavy (non-hydrogen) atoms. The fourth-order valence-corrected chi connectivity index (χ4v) is 2.39. The molecular weight excluding hydrogens is 340 g/mol. The number of rotatable bonds is 3. The Morgan fingerprint density at radius 2 is 1.95 bits per heavy atom. The molecule has 0 radical (unpaired) electrons. The first-order valence-electron chi connectivity index (χ1n) is 6.34. The summed E-state index contributed by atoms with van der Waals surface area (Å²) in [5.74, 6) is -1.49. The van der Waals surface area contributed by atoms with Gasteiger partial charge in [0.2, 0.25) is 0 Å². The van der Waals surface area contributed by atoms with E-state index in [2.05, 4.69) is 15.9 Å². The minimum atomic E-state index is -0.652. The minimum absolute atomic E-state index is 0.0803. The second-order valence-corrected chi connectivity index (χ2v) is 5.66. The maximum Gasteiger partial charge on any atom is 0.254 e. The van der Waals surface area contributed by atoms with Crippen molar-refractivity contribution in [1.82, 2.24) is 4.90 Å². The molecule has 0 aliphatic heterocycles. The Kier molecular flexibility index (Phi) is 4.73. The third-order valence-corrected chi connectivity index (χ3v) is 4.13.